The van der Waals surface area contributed by atoms with E-state index < -0.39 is 0 Å². The highest BCUT2D eigenvalue weighted by molar-refractivity contribution is 5.53. The molecule has 1 aromatic rings. The Morgan fingerprint density at radius 1 is 0.957 bits per heavy atom. The topological polar surface area (TPSA) is 58.3 Å². The first-order valence-electron chi connectivity index (χ1n) is 9.24. The number of rotatable bonds is 1. The van der Waals surface area contributed by atoms with E-state index in [-0.39, 0.29) is 0 Å². The molecule has 126 valence electrons. The average molecular weight is 315 g/mol. The third kappa shape index (κ3) is 2.91. The van der Waals surface area contributed by atoms with E-state index in [1.165, 1.54) is 49.8 Å². The van der Waals surface area contributed by atoms with E-state index in [2.05, 4.69) is 26.8 Å². The summed E-state index contributed by atoms with van der Waals surface area (Å²) in [6.45, 7) is 4.29. The summed E-state index contributed by atoms with van der Waals surface area (Å²) in [5.74, 6) is 1.59. The summed E-state index contributed by atoms with van der Waals surface area (Å²) in [6.07, 6.45) is 10.5. The molecule has 23 heavy (non-hydrogen) atoms. The fourth-order valence-corrected chi connectivity index (χ4v) is 4.78. The summed E-state index contributed by atoms with van der Waals surface area (Å²) in [5, 5.41) is 0. The molecule has 0 aromatic carbocycles. The van der Waals surface area contributed by atoms with E-state index in [1.54, 1.807) is 0 Å². The van der Waals surface area contributed by atoms with E-state index >= 15 is 0 Å². The SMILES string of the molecule is CN1CCN(c2nc(N)nc3c2CCC2(CCCCC2)C3)CC1. The fourth-order valence-electron chi connectivity index (χ4n) is 4.78. The summed E-state index contributed by atoms with van der Waals surface area (Å²) >= 11 is 0. The standard InChI is InChI=1S/C18H29N5/c1-22-9-11-23(12-10-22)16-14-5-8-18(6-3-2-4-7-18)13-15(14)20-17(19)21-16/h2-13H2,1H3,(H2,19,20,21). The van der Waals surface area contributed by atoms with E-state index in [0.717, 1.165) is 44.8 Å². The number of nitrogens with two attached hydrogens (primary N) is 1. The monoisotopic (exact) mass is 315 g/mol. The molecule has 1 saturated heterocycles. The van der Waals surface area contributed by atoms with Gasteiger partial charge in [-0.25, -0.2) is 4.98 Å². The summed E-state index contributed by atoms with van der Waals surface area (Å²) in [6, 6.07) is 0. The molecule has 0 atom stereocenters. The van der Waals surface area contributed by atoms with Crippen molar-refractivity contribution in [3.63, 3.8) is 0 Å². The second-order valence-electron chi connectivity index (χ2n) is 7.86. The van der Waals surface area contributed by atoms with Gasteiger partial charge in [-0.3, -0.25) is 0 Å². The molecule has 1 aliphatic heterocycles. The Morgan fingerprint density at radius 3 is 2.43 bits per heavy atom. The van der Waals surface area contributed by atoms with Gasteiger partial charge in [0.2, 0.25) is 5.95 Å². The van der Waals surface area contributed by atoms with Gasteiger partial charge in [-0.05, 0) is 44.6 Å². The molecular formula is C18H29N5. The quantitative estimate of drug-likeness (QED) is 0.861. The highest BCUT2D eigenvalue weighted by Gasteiger charge is 2.38. The largest absolute Gasteiger partial charge is 0.368 e. The Kier molecular flexibility index (Phi) is 3.92. The van der Waals surface area contributed by atoms with Crippen LogP contribution in [0.15, 0.2) is 0 Å². The number of anilines is 2. The first-order chi connectivity index (χ1) is 11.2. The molecule has 2 aliphatic carbocycles. The maximum atomic E-state index is 6.08. The van der Waals surface area contributed by atoms with Crippen LogP contribution in [0.1, 0.15) is 49.8 Å². The molecule has 1 aromatic heterocycles. The lowest BCUT2D eigenvalue weighted by atomic mass is 9.65. The molecule has 2 fully saturated rings. The molecule has 3 aliphatic rings. The molecule has 2 heterocycles. The minimum atomic E-state index is 0.463. The maximum Gasteiger partial charge on any atom is 0.222 e. The number of fused-ring (bicyclic) bond motifs is 1. The van der Waals surface area contributed by atoms with Crippen LogP contribution in [0.5, 0.6) is 0 Å². The molecule has 1 spiro atoms. The van der Waals surface area contributed by atoms with Gasteiger partial charge in [-0.15, -0.1) is 0 Å². The van der Waals surface area contributed by atoms with Crippen molar-refractivity contribution < 1.29 is 0 Å². The van der Waals surface area contributed by atoms with Gasteiger partial charge in [0.15, 0.2) is 0 Å². The highest BCUT2D eigenvalue weighted by Crippen LogP contribution is 2.47. The van der Waals surface area contributed by atoms with Crippen molar-refractivity contribution in [2.24, 2.45) is 5.41 Å². The van der Waals surface area contributed by atoms with Gasteiger partial charge in [-0.2, -0.15) is 4.98 Å². The van der Waals surface area contributed by atoms with Crippen LogP contribution in [0.25, 0.3) is 0 Å². The summed E-state index contributed by atoms with van der Waals surface area (Å²) in [4.78, 5) is 14.1. The number of nitrogen functional groups attached to an aromatic ring is 1. The predicted molar refractivity (Wildman–Crippen MR) is 93.7 cm³/mol. The predicted octanol–water partition coefficient (Wildman–Crippen LogP) is 2.25. The second-order valence-corrected chi connectivity index (χ2v) is 7.86. The van der Waals surface area contributed by atoms with Gasteiger partial charge in [0, 0.05) is 31.7 Å². The van der Waals surface area contributed by atoms with E-state index in [9.17, 15) is 0 Å². The number of likely N-dealkylation sites (N-methyl/N-ethyl adjacent to an activating group) is 1. The first-order valence-corrected chi connectivity index (χ1v) is 9.24. The van der Waals surface area contributed by atoms with Crippen LogP contribution in [0, 0.1) is 5.41 Å². The third-order valence-electron chi connectivity index (χ3n) is 6.25. The van der Waals surface area contributed by atoms with Gasteiger partial charge >= 0.3 is 0 Å². The third-order valence-corrected chi connectivity index (χ3v) is 6.25. The normalized spacial score (nSPS) is 24.7. The molecule has 0 radical (unpaired) electrons. The van der Waals surface area contributed by atoms with Crippen LogP contribution in [0.2, 0.25) is 0 Å². The van der Waals surface area contributed by atoms with Gasteiger partial charge in [0.25, 0.3) is 0 Å². The molecule has 1 saturated carbocycles. The van der Waals surface area contributed by atoms with E-state index in [0.29, 0.717) is 11.4 Å². The lowest BCUT2D eigenvalue weighted by Gasteiger charge is -2.42. The van der Waals surface area contributed by atoms with Crippen molar-refractivity contribution in [3.05, 3.63) is 11.3 Å². The van der Waals surface area contributed by atoms with Crippen molar-refractivity contribution in [2.45, 2.75) is 51.4 Å². The lowest BCUT2D eigenvalue weighted by Crippen LogP contribution is -2.45. The van der Waals surface area contributed by atoms with Crippen molar-refractivity contribution >= 4 is 11.8 Å². The molecule has 5 heteroatoms. The molecule has 0 bridgehead atoms. The maximum absolute atomic E-state index is 6.08. The number of hydrogen-bond donors (Lipinski definition) is 1. The first kappa shape index (κ1) is 15.2. The van der Waals surface area contributed by atoms with Crippen LogP contribution >= 0.6 is 0 Å². The van der Waals surface area contributed by atoms with Crippen LogP contribution in [-0.4, -0.2) is 48.1 Å². The number of hydrogen-bond acceptors (Lipinski definition) is 5. The second kappa shape index (κ2) is 5.93. The molecule has 0 amide bonds. The lowest BCUT2D eigenvalue weighted by molar-refractivity contribution is 0.160. The van der Waals surface area contributed by atoms with E-state index in [4.69, 9.17) is 5.73 Å². The van der Waals surface area contributed by atoms with Crippen molar-refractivity contribution in [1.29, 1.82) is 0 Å². The fraction of sp³-hybridized carbons (Fsp3) is 0.778. The van der Waals surface area contributed by atoms with Gasteiger partial charge in [0.05, 0.1) is 5.69 Å². The smallest absolute Gasteiger partial charge is 0.222 e. The van der Waals surface area contributed by atoms with Crippen LogP contribution < -0.4 is 10.6 Å². The van der Waals surface area contributed by atoms with Crippen molar-refractivity contribution in [3.8, 4) is 0 Å². The number of nitrogens with zero attached hydrogens (tertiary/aromatic N) is 4. The average Bonchev–Trinajstić information content (AvgIpc) is 2.55. The zero-order valence-corrected chi connectivity index (χ0v) is 14.4. The number of piperazine rings is 1. The van der Waals surface area contributed by atoms with Crippen LogP contribution in [0.3, 0.4) is 0 Å². The van der Waals surface area contributed by atoms with Gasteiger partial charge < -0.3 is 15.5 Å². The molecule has 2 N–H and O–H groups in total. The summed E-state index contributed by atoms with van der Waals surface area (Å²) in [5.41, 5.74) is 9.22. The molecular weight excluding hydrogens is 286 g/mol. The minimum Gasteiger partial charge on any atom is -0.368 e. The Morgan fingerprint density at radius 2 is 1.70 bits per heavy atom. The van der Waals surface area contributed by atoms with Crippen LogP contribution in [-0.2, 0) is 12.8 Å². The number of aromatic nitrogens is 2. The summed E-state index contributed by atoms with van der Waals surface area (Å²) in [7, 11) is 2.19. The van der Waals surface area contributed by atoms with Crippen LogP contribution in [0.4, 0.5) is 11.8 Å². The molecule has 4 rings (SSSR count). The Bertz CT molecular complexity index is 571. The zero-order chi connectivity index (χ0) is 15.9. The van der Waals surface area contributed by atoms with Crippen molar-refractivity contribution in [1.82, 2.24) is 14.9 Å². The molecule has 0 unspecified atom stereocenters. The Balaban J connectivity index is 1.63. The molecule has 5 nitrogen and oxygen atoms in total. The Labute approximate surface area is 139 Å². The Hall–Kier alpha value is -1.36. The van der Waals surface area contributed by atoms with Gasteiger partial charge in [0.1, 0.15) is 5.82 Å². The van der Waals surface area contributed by atoms with Crippen molar-refractivity contribution in [2.75, 3.05) is 43.9 Å². The highest BCUT2D eigenvalue weighted by atomic mass is 15.3. The van der Waals surface area contributed by atoms with Gasteiger partial charge in [-0.1, -0.05) is 19.3 Å². The minimum absolute atomic E-state index is 0.463. The van der Waals surface area contributed by atoms with E-state index in [1.807, 2.05) is 0 Å². The summed E-state index contributed by atoms with van der Waals surface area (Å²) < 4.78 is 0. The zero-order valence-electron chi connectivity index (χ0n) is 14.4.